The lowest BCUT2D eigenvalue weighted by Crippen LogP contribution is -2.61. The van der Waals surface area contributed by atoms with Crippen molar-refractivity contribution in [3.05, 3.63) is 108 Å². The molecular formula is C42H56O8. The summed E-state index contributed by atoms with van der Waals surface area (Å²) >= 11 is 0. The van der Waals surface area contributed by atoms with Crippen molar-refractivity contribution >= 4 is 11.9 Å². The highest BCUT2D eigenvalue weighted by atomic mass is 16.7. The second-order valence-corrected chi connectivity index (χ2v) is 13.1. The monoisotopic (exact) mass is 688 g/mol. The summed E-state index contributed by atoms with van der Waals surface area (Å²) in [5.41, 5.74) is 2.48. The number of methoxy groups -OCH3 is 1. The standard InChI is InChI=1S/C42H56O8/c1-4-21-36(28-19-8-6-5-7-9-20-29-37(43)45-3)49-42-40(50-41(44)35-26-17-12-18-27-35)39(47-31-34-24-15-11-16-25-34)38(32(2)48-42)46-30-33-22-13-10-14-23-33/h10-18,22-27,32,36,38-40,42H,4-9,19-21,28-31H2,1-3H3/t32-,36+,38-,39+,40-,42+/m1/s1. The van der Waals surface area contributed by atoms with Crippen molar-refractivity contribution < 1.29 is 38.0 Å². The van der Waals surface area contributed by atoms with Gasteiger partial charge in [0.25, 0.3) is 0 Å². The molecule has 1 aliphatic heterocycles. The average Bonchev–Trinajstić information content (AvgIpc) is 3.15. The van der Waals surface area contributed by atoms with Crippen molar-refractivity contribution in [3.8, 4) is 0 Å². The molecule has 50 heavy (non-hydrogen) atoms. The van der Waals surface area contributed by atoms with Crippen LogP contribution in [-0.4, -0.2) is 55.9 Å². The second kappa shape index (κ2) is 22.3. The van der Waals surface area contributed by atoms with Gasteiger partial charge >= 0.3 is 11.9 Å². The summed E-state index contributed by atoms with van der Waals surface area (Å²) in [5.74, 6) is -0.596. The van der Waals surface area contributed by atoms with Crippen LogP contribution in [0.15, 0.2) is 91.0 Å². The quantitative estimate of drug-likeness (QED) is 0.0764. The molecule has 0 radical (unpaired) electrons. The smallest absolute Gasteiger partial charge is 0.338 e. The summed E-state index contributed by atoms with van der Waals surface area (Å²) in [7, 11) is 1.44. The van der Waals surface area contributed by atoms with Crippen LogP contribution in [0.4, 0.5) is 0 Å². The number of benzene rings is 3. The Morgan fingerprint density at radius 3 is 1.80 bits per heavy atom. The summed E-state index contributed by atoms with van der Waals surface area (Å²) in [4.78, 5) is 24.9. The molecule has 1 heterocycles. The summed E-state index contributed by atoms with van der Waals surface area (Å²) in [6, 6.07) is 28.9. The van der Waals surface area contributed by atoms with E-state index < -0.39 is 36.7 Å². The van der Waals surface area contributed by atoms with Crippen molar-refractivity contribution in [2.24, 2.45) is 0 Å². The van der Waals surface area contributed by atoms with Crippen LogP contribution in [-0.2, 0) is 46.4 Å². The van der Waals surface area contributed by atoms with Crippen molar-refractivity contribution in [3.63, 3.8) is 0 Å². The maximum atomic E-state index is 13.6. The molecule has 8 nitrogen and oxygen atoms in total. The fourth-order valence-corrected chi connectivity index (χ4v) is 6.35. The first-order valence-electron chi connectivity index (χ1n) is 18.4. The predicted octanol–water partition coefficient (Wildman–Crippen LogP) is 9.00. The third kappa shape index (κ3) is 13.3. The zero-order valence-corrected chi connectivity index (χ0v) is 30.1. The number of hydrogen-bond acceptors (Lipinski definition) is 8. The molecule has 4 rings (SSSR count). The molecule has 0 aromatic heterocycles. The molecule has 0 N–H and O–H groups in total. The molecule has 3 aromatic carbocycles. The molecule has 0 spiro atoms. The first-order chi connectivity index (χ1) is 24.5. The third-order valence-corrected chi connectivity index (χ3v) is 9.12. The van der Waals surface area contributed by atoms with E-state index in [9.17, 15) is 9.59 Å². The Labute approximate surface area is 298 Å². The molecule has 0 saturated carbocycles. The summed E-state index contributed by atoms with van der Waals surface area (Å²) in [6.45, 7) is 4.80. The number of unbranched alkanes of at least 4 members (excludes halogenated alkanes) is 6. The van der Waals surface area contributed by atoms with E-state index in [0.717, 1.165) is 75.3 Å². The van der Waals surface area contributed by atoms with Gasteiger partial charge in [-0.05, 0) is 49.4 Å². The van der Waals surface area contributed by atoms with Gasteiger partial charge in [0.15, 0.2) is 12.4 Å². The first-order valence-corrected chi connectivity index (χ1v) is 18.4. The SMILES string of the molecule is CCC[C@@H](CCCCCCCCCC(=O)OC)O[C@@H]1O[C@H](C)[C@@H](OCc2ccccc2)[C@H](OCc2ccccc2)[C@H]1OC(=O)c1ccccc1. The minimum absolute atomic E-state index is 0.0632. The molecular weight excluding hydrogens is 632 g/mol. The Kier molecular flexibility index (Phi) is 17.5. The average molecular weight is 689 g/mol. The maximum Gasteiger partial charge on any atom is 0.338 e. The molecule has 8 heteroatoms. The first kappa shape index (κ1) is 39.2. The molecule has 1 aliphatic rings. The number of esters is 2. The van der Waals surface area contributed by atoms with Crippen LogP contribution in [0.3, 0.4) is 0 Å². The van der Waals surface area contributed by atoms with Gasteiger partial charge in [-0.15, -0.1) is 0 Å². The van der Waals surface area contributed by atoms with E-state index in [4.69, 9.17) is 28.4 Å². The van der Waals surface area contributed by atoms with E-state index in [0.29, 0.717) is 25.2 Å². The normalized spacial score (nSPS) is 21.0. The Balaban J connectivity index is 1.47. The van der Waals surface area contributed by atoms with Gasteiger partial charge in [-0.3, -0.25) is 4.79 Å². The minimum atomic E-state index is -0.868. The van der Waals surface area contributed by atoms with Crippen LogP contribution in [0, 0.1) is 0 Å². The van der Waals surface area contributed by atoms with E-state index in [1.165, 1.54) is 7.11 Å². The molecule has 1 fully saturated rings. The molecule has 0 bridgehead atoms. The Bertz CT molecular complexity index is 1350. The van der Waals surface area contributed by atoms with Crippen molar-refractivity contribution in [1.82, 2.24) is 0 Å². The second-order valence-electron chi connectivity index (χ2n) is 13.1. The third-order valence-electron chi connectivity index (χ3n) is 9.12. The van der Waals surface area contributed by atoms with Gasteiger partial charge in [-0.2, -0.15) is 0 Å². The van der Waals surface area contributed by atoms with Crippen LogP contribution >= 0.6 is 0 Å². The predicted molar refractivity (Wildman–Crippen MR) is 193 cm³/mol. The topological polar surface area (TPSA) is 89.5 Å². The Hall–Kier alpha value is -3.56. The van der Waals surface area contributed by atoms with E-state index in [1.807, 2.05) is 85.8 Å². The van der Waals surface area contributed by atoms with Crippen LogP contribution < -0.4 is 0 Å². The summed E-state index contributed by atoms with van der Waals surface area (Å²) in [6.07, 6.45) is 7.32. The van der Waals surface area contributed by atoms with Crippen molar-refractivity contribution in [2.45, 2.75) is 135 Å². The van der Waals surface area contributed by atoms with E-state index in [2.05, 4.69) is 6.92 Å². The molecule has 3 aromatic rings. The number of rotatable bonds is 22. The summed E-state index contributed by atoms with van der Waals surface area (Å²) in [5, 5.41) is 0. The lowest BCUT2D eigenvalue weighted by Gasteiger charge is -2.45. The Morgan fingerprint density at radius 1 is 0.680 bits per heavy atom. The van der Waals surface area contributed by atoms with Crippen LogP contribution in [0.1, 0.15) is 106 Å². The van der Waals surface area contributed by atoms with E-state index >= 15 is 0 Å². The fourth-order valence-electron chi connectivity index (χ4n) is 6.35. The van der Waals surface area contributed by atoms with E-state index in [1.54, 1.807) is 12.1 Å². The van der Waals surface area contributed by atoms with Gasteiger partial charge in [-0.25, -0.2) is 4.79 Å². The van der Waals surface area contributed by atoms with Crippen LogP contribution in [0.2, 0.25) is 0 Å². The van der Waals surface area contributed by atoms with Crippen LogP contribution in [0.25, 0.3) is 0 Å². The maximum absolute atomic E-state index is 13.6. The van der Waals surface area contributed by atoms with E-state index in [-0.39, 0.29) is 12.1 Å². The number of hydrogen-bond donors (Lipinski definition) is 0. The lowest BCUT2D eigenvalue weighted by atomic mass is 9.98. The highest BCUT2D eigenvalue weighted by Gasteiger charge is 2.49. The molecule has 0 amide bonds. The van der Waals surface area contributed by atoms with Gasteiger partial charge in [0.1, 0.15) is 12.2 Å². The van der Waals surface area contributed by atoms with Gasteiger partial charge in [0.2, 0.25) is 0 Å². The zero-order chi connectivity index (χ0) is 35.4. The van der Waals surface area contributed by atoms with Crippen molar-refractivity contribution in [2.75, 3.05) is 7.11 Å². The zero-order valence-electron chi connectivity index (χ0n) is 30.1. The molecule has 1 saturated heterocycles. The van der Waals surface area contributed by atoms with Crippen molar-refractivity contribution in [1.29, 1.82) is 0 Å². The Morgan fingerprint density at radius 2 is 1.22 bits per heavy atom. The van der Waals surface area contributed by atoms with Gasteiger partial charge in [0, 0.05) is 6.42 Å². The van der Waals surface area contributed by atoms with Gasteiger partial charge in [0.05, 0.1) is 38.1 Å². The lowest BCUT2D eigenvalue weighted by molar-refractivity contribution is -0.318. The largest absolute Gasteiger partial charge is 0.469 e. The van der Waals surface area contributed by atoms with Gasteiger partial charge in [-0.1, -0.05) is 131 Å². The number of carbonyl (C=O) groups excluding carboxylic acids is 2. The number of carbonyl (C=O) groups is 2. The molecule has 0 aliphatic carbocycles. The summed E-state index contributed by atoms with van der Waals surface area (Å²) < 4.78 is 37.5. The highest BCUT2D eigenvalue weighted by molar-refractivity contribution is 5.89. The molecule has 6 atom stereocenters. The number of ether oxygens (including phenoxy) is 6. The van der Waals surface area contributed by atoms with Crippen LogP contribution in [0.5, 0.6) is 0 Å². The fraction of sp³-hybridized carbons (Fsp3) is 0.524. The minimum Gasteiger partial charge on any atom is -0.469 e. The highest BCUT2D eigenvalue weighted by Crippen LogP contribution is 2.32. The molecule has 0 unspecified atom stereocenters. The van der Waals surface area contributed by atoms with Gasteiger partial charge < -0.3 is 28.4 Å². The molecule has 272 valence electrons.